The van der Waals surface area contributed by atoms with Crippen molar-refractivity contribution >= 4 is 22.7 Å². The second kappa shape index (κ2) is 6.43. The fraction of sp³-hybridized carbons (Fsp3) is 0.524. The normalized spacial score (nSPS) is 30.4. The molecule has 0 saturated heterocycles. The van der Waals surface area contributed by atoms with Crippen LogP contribution in [0.1, 0.15) is 38.5 Å². The maximum absolute atomic E-state index is 12.9. The summed E-state index contributed by atoms with van der Waals surface area (Å²) in [6.45, 7) is -0.183. The summed E-state index contributed by atoms with van der Waals surface area (Å²) in [5.41, 5.74) is 5.16. The second-order valence-corrected chi connectivity index (χ2v) is 8.89. The van der Waals surface area contributed by atoms with Gasteiger partial charge in [-0.25, -0.2) is 4.98 Å². The van der Waals surface area contributed by atoms with Crippen molar-refractivity contribution in [1.82, 2.24) is 20.4 Å². The van der Waals surface area contributed by atoms with Gasteiger partial charge in [0.25, 0.3) is 11.5 Å². The van der Waals surface area contributed by atoms with E-state index < -0.39 is 5.91 Å². The number of rotatable bonds is 3. The van der Waals surface area contributed by atoms with Crippen LogP contribution in [0.4, 0.5) is 0 Å². The fourth-order valence-corrected chi connectivity index (χ4v) is 6.06. The van der Waals surface area contributed by atoms with E-state index in [9.17, 15) is 14.4 Å². The minimum Gasteiger partial charge on any atom is -0.289 e. The van der Waals surface area contributed by atoms with E-state index in [1.807, 2.05) is 6.07 Å². The molecule has 0 unspecified atom stereocenters. The Labute approximate surface area is 162 Å². The highest BCUT2D eigenvalue weighted by atomic mass is 16.2. The summed E-state index contributed by atoms with van der Waals surface area (Å²) >= 11 is 0. The quantitative estimate of drug-likeness (QED) is 0.794. The van der Waals surface area contributed by atoms with Crippen LogP contribution in [0, 0.1) is 23.2 Å². The molecule has 4 aliphatic rings. The maximum Gasteiger partial charge on any atom is 0.261 e. The van der Waals surface area contributed by atoms with E-state index in [0.717, 1.165) is 19.3 Å². The molecule has 7 heteroatoms. The molecule has 0 aliphatic heterocycles. The predicted octanol–water partition coefficient (Wildman–Crippen LogP) is 1.76. The number of nitrogens with zero attached hydrogens (tertiary/aromatic N) is 2. The lowest BCUT2D eigenvalue weighted by Crippen LogP contribution is -2.57. The monoisotopic (exact) mass is 380 g/mol. The Balaban J connectivity index is 1.24. The van der Waals surface area contributed by atoms with E-state index in [1.54, 1.807) is 18.2 Å². The van der Waals surface area contributed by atoms with Crippen LogP contribution in [0.2, 0.25) is 0 Å². The zero-order chi connectivity index (χ0) is 19.3. The second-order valence-electron chi connectivity index (χ2n) is 8.89. The Morgan fingerprint density at radius 2 is 1.68 bits per heavy atom. The van der Waals surface area contributed by atoms with Crippen LogP contribution in [0.25, 0.3) is 10.9 Å². The summed E-state index contributed by atoms with van der Waals surface area (Å²) in [6.07, 6.45) is 7.97. The van der Waals surface area contributed by atoms with Crippen LogP contribution in [-0.2, 0) is 16.1 Å². The molecular weight excluding hydrogens is 356 g/mol. The standard InChI is InChI=1S/C21H24N4O3/c26-18(11-25-12-22-17-4-2-1-3-16(17)19(25)27)23-24-20(28)21-8-13-5-14(9-21)7-15(6-13)10-21/h1-4,12-15H,5-11H2,(H,23,26)(H,24,28). The molecule has 146 valence electrons. The van der Waals surface area contributed by atoms with Gasteiger partial charge >= 0.3 is 0 Å². The van der Waals surface area contributed by atoms with E-state index in [-0.39, 0.29) is 23.4 Å². The molecule has 1 heterocycles. The van der Waals surface area contributed by atoms with Gasteiger partial charge in [0.15, 0.2) is 0 Å². The first-order chi connectivity index (χ1) is 13.5. The van der Waals surface area contributed by atoms with Crippen molar-refractivity contribution in [2.75, 3.05) is 0 Å². The third-order valence-corrected chi connectivity index (χ3v) is 6.88. The Morgan fingerprint density at radius 3 is 2.36 bits per heavy atom. The van der Waals surface area contributed by atoms with Crippen molar-refractivity contribution in [2.45, 2.75) is 45.1 Å². The Hall–Kier alpha value is -2.70. The maximum atomic E-state index is 12.9. The number of carbonyl (C=O) groups excluding carboxylic acids is 2. The SMILES string of the molecule is O=C(Cn1cnc2ccccc2c1=O)NNC(=O)C12CC3CC(CC(C3)C1)C2. The minimum atomic E-state index is -0.433. The largest absolute Gasteiger partial charge is 0.289 e. The first-order valence-electron chi connectivity index (χ1n) is 10.1. The van der Waals surface area contributed by atoms with E-state index >= 15 is 0 Å². The molecule has 1 aromatic carbocycles. The van der Waals surface area contributed by atoms with E-state index in [2.05, 4.69) is 15.8 Å². The van der Waals surface area contributed by atoms with Crippen LogP contribution in [0.5, 0.6) is 0 Å². The number of benzene rings is 1. The molecule has 4 fully saturated rings. The minimum absolute atomic E-state index is 0.0658. The van der Waals surface area contributed by atoms with Crippen LogP contribution < -0.4 is 16.4 Å². The lowest BCUT2D eigenvalue weighted by atomic mass is 9.49. The zero-order valence-electron chi connectivity index (χ0n) is 15.7. The number of hydrogen-bond acceptors (Lipinski definition) is 4. The van der Waals surface area contributed by atoms with Crippen molar-refractivity contribution in [3.05, 3.63) is 40.9 Å². The van der Waals surface area contributed by atoms with Gasteiger partial charge in [-0.2, -0.15) is 0 Å². The molecule has 4 aliphatic carbocycles. The van der Waals surface area contributed by atoms with Crippen molar-refractivity contribution in [3.63, 3.8) is 0 Å². The summed E-state index contributed by atoms with van der Waals surface area (Å²) in [4.78, 5) is 41.9. The molecule has 4 bridgehead atoms. The van der Waals surface area contributed by atoms with Crippen molar-refractivity contribution in [1.29, 1.82) is 0 Å². The number of para-hydroxylation sites is 1. The van der Waals surface area contributed by atoms with Gasteiger partial charge in [0.2, 0.25) is 5.91 Å². The predicted molar refractivity (Wildman–Crippen MR) is 103 cm³/mol. The van der Waals surface area contributed by atoms with Crippen LogP contribution in [0.3, 0.4) is 0 Å². The molecule has 0 spiro atoms. The third-order valence-electron chi connectivity index (χ3n) is 6.88. The van der Waals surface area contributed by atoms with Gasteiger partial charge in [-0.15, -0.1) is 0 Å². The lowest BCUT2D eigenvalue weighted by Gasteiger charge is -2.55. The number of amides is 2. The molecule has 0 atom stereocenters. The Kier molecular flexibility index (Phi) is 4.00. The van der Waals surface area contributed by atoms with Gasteiger partial charge in [0.05, 0.1) is 22.6 Å². The average molecular weight is 380 g/mol. The number of carbonyl (C=O) groups is 2. The molecule has 2 amide bonds. The number of hydrazine groups is 1. The Morgan fingerprint density at radius 1 is 1.04 bits per heavy atom. The van der Waals surface area contributed by atoms with Crippen molar-refractivity contribution in [3.8, 4) is 0 Å². The summed E-state index contributed by atoms with van der Waals surface area (Å²) in [7, 11) is 0. The molecule has 4 saturated carbocycles. The molecule has 28 heavy (non-hydrogen) atoms. The molecule has 2 aromatic rings. The topological polar surface area (TPSA) is 93.1 Å². The van der Waals surface area contributed by atoms with Gasteiger partial charge in [0.1, 0.15) is 6.54 Å². The smallest absolute Gasteiger partial charge is 0.261 e. The molecule has 2 N–H and O–H groups in total. The van der Waals surface area contributed by atoms with E-state index in [4.69, 9.17) is 0 Å². The molecule has 0 radical (unpaired) electrons. The van der Waals surface area contributed by atoms with Crippen LogP contribution in [0.15, 0.2) is 35.4 Å². The van der Waals surface area contributed by atoms with Gasteiger partial charge in [0, 0.05) is 0 Å². The van der Waals surface area contributed by atoms with Crippen LogP contribution in [-0.4, -0.2) is 21.4 Å². The average Bonchev–Trinajstić information content (AvgIpc) is 2.67. The van der Waals surface area contributed by atoms with Gasteiger partial charge < -0.3 is 0 Å². The third kappa shape index (κ3) is 2.89. The number of aromatic nitrogens is 2. The molecule has 6 rings (SSSR count). The zero-order valence-corrected chi connectivity index (χ0v) is 15.7. The number of fused-ring (bicyclic) bond motifs is 1. The Bertz CT molecular complexity index is 977. The fourth-order valence-electron chi connectivity index (χ4n) is 6.06. The van der Waals surface area contributed by atoms with Crippen molar-refractivity contribution < 1.29 is 9.59 Å². The van der Waals surface area contributed by atoms with Gasteiger partial charge in [-0.3, -0.25) is 29.8 Å². The van der Waals surface area contributed by atoms with Gasteiger partial charge in [-0.05, 0) is 68.4 Å². The van der Waals surface area contributed by atoms with E-state index in [0.29, 0.717) is 28.7 Å². The van der Waals surface area contributed by atoms with Crippen molar-refractivity contribution in [2.24, 2.45) is 23.2 Å². The highest BCUT2D eigenvalue weighted by Crippen LogP contribution is 2.59. The highest BCUT2D eigenvalue weighted by molar-refractivity contribution is 5.86. The molecular formula is C21H24N4O3. The van der Waals surface area contributed by atoms with E-state index in [1.165, 1.54) is 30.2 Å². The lowest BCUT2D eigenvalue weighted by molar-refractivity contribution is -0.149. The highest BCUT2D eigenvalue weighted by Gasteiger charge is 2.54. The summed E-state index contributed by atoms with van der Waals surface area (Å²) in [5.74, 6) is 1.49. The first kappa shape index (κ1) is 17.4. The molecule has 1 aromatic heterocycles. The molecule has 7 nitrogen and oxygen atoms in total. The number of nitrogens with one attached hydrogen (secondary N) is 2. The summed E-state index contributed by atoms with van der Waals surface area (Å²) in [6, 6.07) is 7.02. The first-order valence-corrected chi connectivity index (χ1v) is 10.1. The van der Waals surface area contributed by atoms with Crippen LogP contribution >= 0.6 is 0 Å². The number of hydrogen-bond donors (Lipinski definition) is 2. The summed E-state index contributed by atoms with van der Waals surface area (Å²) in [5, 5.41) is 0.468. The van der Waals surface area contributed by atoms with Gasteiger partial charge in [-0.1, -0.05) is 12.1 Å². The summed E-state index contributed by atoms with van der Waals surface area (Å²) < 4.78 is 1.26.